The largest absolute Gasteiger partial charge is 0.465 e. The summed E-state index contributed by atoms with van der Waals surface area (Å²) in [6.45, 7) is 1.81. The van der Waals surface area contributed by atoms with E-state index in [0.29, 0.717) is 4.09 Å². The molecule has 2 heterocycles. The zero-order valence-electron chi connectivity index (χ0n) is 16.4. The molecule has 3 aromatic rings. The predicted molar refractivity (Wildman–Crippen MR) is 109 cm³/mol. The first-order chi connectivity index (χ1) is 14.2. The molecule has 158 valence electrons. The average molecular weight is 451 g/mol. The number of carbonyl (C=O) groups excluding carboxylic acids is 2. The third-order valence-corrected chi connectivity index (χ3v) is 6.55. The van der Waals surface area contributed by atoms with Gasteiger partial charge in [0.2, 0.25) is 5.43 Å². The van der Waals surface area contributed by atoms with Crippen LogP contribution in [0, 0.1) is 6.92 Å². The van der Waals surface area contributed by atoms with Crippen molar-refractivity contribution < 1.29 is 27.5 Å². The lowest BCUT2D eigenvalue weighted by molar-refractivity contribution is 0.0549. The number of aromatic amines is 1. The van der Waals surface area contributed by atoms with Crippen molar-refractivity contribution in [1.82, 2.24) is 14.2 Å². The third kappa shape index (κ3) is 3.37. The number of ether oxygens (including phenoxy) is 2. The average Bonchev–Trinajstić information content (AvgIpc) is 3.12. The van der Waals surface area contributed by atoms with Gasteiger partial charge in [-0.2, -0.15) is 8.42 Å². The van der Waals surface area contributed by atoms with Gasteiger partial charge in [0.05, 0.1) is 19.1 Å². The first-order valence-electron chi connectivity index (χ1n) is 8.39. The molecule has 0 atom stereocenters. The summed E-state index contributed by atoms with van der Waals surface area (Å²) in [5, 5.41) is 3.95. The second-order valence-electron chi connectivity index (χ2n) is 6.08. The molecule has 10 nitrogen and oxygen atoms in total. The number of esters is 2. The van der Waals surface area contributed by atoms with Gasteiger partial charge < -0.3 is 14.5 Å². The van der Waals surface area contributed by atoms with Crippen LogP contribution in [0.3, 0.4) is 0 Å². The number of thioether (sulfide) groups is 1. The minimum atomic E-state index is -4.22. The van der Waals surface area contributed by atoms with E-state index in [4.69, 9.17) is 0 Å². The van der Waals surface area contributed by atoms with Crippen molar-refractivity contribution in [2.45, 2.75) is 16.8 Å². The van der Waals surface area contributed by atoms with Gasteiger partial charge in [0.25, 0.3) is 10.0 Å². The van der Waals surface area contributed by atoms with Crippen LogP contribution < -0.4 is 5.43 Å². The normalized spacial score (nSPS) is 11.5. The molecule has 0 saturated heterocycles. The molecule has 0 saturated carbocycles. The molecule has 0 aliphatic rings. The fourth-order valence-corrected chi connectivity index (χ4v) is 4.65. The number of benzene rings is 1. The fourth-order valence-electron chi connectivity index (χ4n) is 2.79. The van der Waals surface area contributed by atoms with Crippen LogP contribution in [0.1, 0.15) is 26.4 Å². The maximum absolute atomic E-state index is 13.2. The molecule has 0 bridgehead atoms. The van der Waals surface area contributed by atoms with E-state index in [1.54, 1.807) is 25.3 Å². The summed E-state index contributed by atoms with van der Waals surface area (Å²) in [5.41, 5.74) is -1.44. The summed E-state index contributed by atoms with van der Waals surface area (Å²) in [6, 6.07) is 6.04. The molecule has 3 rings (SSSR count). The molecular weight excluding hydrogens is 434 g/mol. The quantitative estimate of drug-likeness (QED) is 0.452. The Labute approximate surface area is 175 Å². The van der Waals surface area contributed by atoms with Crippen LogP contribution in [0.15, 0.2) is 39.0 Å². The maximum atomic E-state index is 13.2. The Morgan fingerprint density at radius 2 is 1.70 bits per heavy atom. The fraction of sp³-hybridized carbons (Fsp3) is 0.222. The number of nitrogens with zero attached hydrogens (tertiary/aromatic N) is 2. The van der Waals surface area contributed by atoms with Crippen LogP contribution in [0.2, 0.25) is 0 Å². The van der Waals surface area contributed by atoms with E-state index in [1.165, 1.54) is 12.1 Å². The SMILES string of the molecule is COC(=O)c1[nH]c2c(c(SC)nn2S(=O)(=O)c2ccc(C)cc2)c(=O)c1C(=O)OC. The summed E-state index contributed by atoms with van der Waals surface area (Å²) >= 11 is 1.01. The Kier molecular flexibility index (Phi) is 5.72. The number of hydrogen-bond donors (Lipinski definition) is 1. The van der Waals surface area contributed by atoms with Crippen molar-refractivity contribution in [1.29, 1.82) is 0 Å². The van der Waals surface area contributed by atoms with Crippen molar-refractivity contribution in [3.63, 3.8) is 0 Å². The van der Waals surface area contributed by atoms with Gasteiger partial charge in [-0.15, -0.1) is 20.9 Å². The second kappa shape index (κ2) is 7.95. The Hall–Kier alpha value is -3.12. The van der Waals surface area contributed by atoms with Crippen molar-refractivity contribution in [2.75, 3.05) is 20.5 Å². The number of nitrogens with one attached hydrogen (secondary N) is 1. The van der Waals surface area contributed by atoms with E-state index in [9.17, 15) is 22.8 Å². The van der Waals surface area contributed by atoms with Crippen molar-refractivity contribution in [2.24, 2.45) is 0 Å². The number of carbonyl (C=O) groups is 2. The zero-order valence-corrected chi connectivity index (χ0v) is 18.0. The van der Waals surface area contributed by atoms with Gasteiger partial charge in [-0.1, -0.05) is 17.7 Å². The van der Waals surface area contributed by atoms with Crippen molar-refractivity contribution in [3.8, 4) is 0 Å². The third-order valence-electron chi connectivity index (χ3n) is 4.29. The lowest BCUT2D eigenvalue weighted by Gasteiger charge is -2.09. The summed E-state index contributed by atoms with van der Waals surface area (Å²) in [6.07, 6.45) is 1.59. The van der Waals surface area contributed by atoms with E-state index in [2.05, 4.69) is 19.6 Å². The van der Waals surface area contributed by atoms with Gasteiger partial charge in [0.1, 0.15) is 21.7 Å². The Morgan fingerprint density at radius 1 is 1.10 bits per heavy atom. The molecule has 1 N–H and O–H groups in total. The molecule has 12 heteroatoms. The minimum Gasteiger partial charge on any atom is -0.465 e. The van der Waals surface area contributed by atoms with E-state index >= 15 is 0 Å². The smallest absolute Gasteiger partial charge is 0.355 e. The Balaban J connectivity index is 2.45. The molecular formula is C18H17N3O7S2. The molecule has 0 aliphatic heterocycles. The van der Waals surface area contributed by atoms with Crippen molar-refractivity contribution in [3.05, 3.63) is 51.3 Å². The first kappa shape index (κ1) is 21.6. The molecule has 0 aliphatic carbocycles. The van der Waals surface area contributed by atoms with Gasteiger partial charge in [-0.3, -0.25) is 4.79 Å². The highest BCUT2D eigenvalue weighted by Gasteiger charge is 2.31. The van der Waals surface area contributed by atoms with Gasteiger partial charge in [-0.25, -0.2) is 9.59 Å². The number of aryl methyl sites for hydroxylation is 1. The van der Waals surface area contributed by atoms with Crippen LogP contribution in [0.5, 0.6) is 0 Å². The Bertz CT molecular complexity index is 1320. The predicted octanol–water partition coefficient (Wildman–Crippen LogP) is 1.57. The lowest BCUT2D eigenvalue weighted by Crippen LogP contribution is -2.25. The summed E-state index contributed by atoms with van der Waals surface area (Å²) in [7, 11) is -2.12. The first-order valence-corrected chi connectivity index (χ1v) is 11.1. The highest BCUT2D eigenvalue weighted by Crippen LogP contribution is 2.27. The van der Waals surface area contributed by atoms with Gasteiger partial charge in [0, 0.05) is 0 Å². The van der Waals surface area contributed by atoms with Gasteiger partial charge in [-0.05, 0) is 25.3 Å². The van der Waals surface area contributed by atoms with Crippen LogP contribution in [-0.2, 0) is 19.5 Å². The van der Waals surface area contributed by atoms with Crippen LogP contribution >= 0.6 is 11.8 Å². The number of methoxy groups -OCH3 is 2. The highest BCUT2D eigenvalue weighted by atomic mass is 32.2. The molecule has 0 radical (unpaired) electrons. The topological polar surface area (TPSA) is 137 Å². The summed E-state index contributed by atoms with van der Waals surface area (Å²) in [4.78, 5) is 39.9. The number of pyridine rings is 1. The molecule has 0 fully saturated rings. The molecule has 0 spiro atoms. The van der Waals surface area contributed by atoms with Crippen molar-refractivity contribution >= 4 is 44.8 Å². The Morgan fingerprint density at radius 3 is 2.23 bits per heavy atom. The molecule has 0 unspecified atom stereocenters. The van der Waals surface area contributed by atoms with E-state index in [1.807, 2.05) is 0 Å². The summed E-state index contributed by atoms with van der Waals surface area (Å²) < 4.78 is 36.2. The van der Waals surface area contributed by atoms with E-state index in [-0.39, 0.29) is 21.0 Å². The number of fused-ring (bicyclic) bond motifs is 1. The van der Waals surface area contributed by atoms with Gasteiger partial charge in [0.15, 0.2) is 5.65 Å². The number of rotatable bonds is 5. The molecule has 0 amide bonds. The van der Waals surface area contributed by atoms with E-state index in [0.717, 1.165) is 31.5 Å². The maximum Gasteiger partial charge on any atom is 0.355 e. The number of H-pyrrole nitrogens is 1. The van der Waals surface area contributed by atoms with Crippen LogP contribution in [-0.4, -0.2) is 55.0 Å². The molecule has 1 aromatic carbocycles. The van der Waals surface area contributed by atoms with Crippen LogP contribution in [0.4, 0.5) is 0 Å². The summed E-state index contributed by atoms with van der Waals surface area (Å²) in [5.74, 6) is -2.11. The van der Waals surface area contributed by atoms with Crippen LogP contribution in [0.25, 0.3) is 11.0 Å². The zero-order chi connectivity index (χ0) is 22.2. The molecule has 2 aromatic heterocycles. The molecule has 30 heavy (non-hydrogen) atoms. The number of hydrogen-bond acceptors (Lipinski definition) is 9. The lowest BCUT2D eigenvalue weighted by atomic mass is 10.1. The highest BCUT2D eigenvalue weighted by molar-refractivity contribution is 7.98. The minimum absolute atomic E-state index is 0.0588. The second-order valence-corrected chi connectivity index (χ2v) is 8.64. The monoisotopic (exact) mass is 451 g/mol. The van der Waals surface area contributed by atoms with E-state index < -0.39 is 38.6 Å². The van der Waals surface area contributed by atoms with Gasteiger partial charge >= 0.3 is 11.9 Å². The number of aromatic nitrogens is 3. The standard InChI is InChI=1S/C18H17N3O7S2/c1-9-5-7-10(8-6-9)30(25,26)21-15-12(16(20-21)29-4)14(22)11(17(23)27-2)13(19-15)18(24)28-3/h5-8H,1-4H3,(H,19,22).